The van der Waals surface area contributed by atoms with Gasteiger partial charge >= 0.3 is 6.09 Å². The Hall–Kier alpha value is -4.49. The van der Waals surface area contributed by atoms with E-state index in [0.29, 0.717) is 42.2 Å². The largest absolute Gasteiger partial charge is 0.494 e. The van der Waals surface area contributed by atoms with Crippen molar-refractivity contribution in [2.24, 2.45) is 16.8 Å². The minimum atomic E-state index is -1.06. The van der Waals surface area contributed by atoms with Gasteiger partial charge in [-0.05, 0) is 43.9 Å². The summed E-state index contributed by atoms with van der Waals surface area (Å²) in [5.41, 5.74) is 7.23. The molecule has 2 aliphatic carbocycles. The van der Waals surface area contributed by atoms with Crippen LogP contribution in [0.3, 0.4) is 0 Å². The number of fused-ring (bicyclic) bond motifs is 1. The molecule has 14 heteroatoms. The highest BCUT2D eigenvalue weighted by atomic mass is 19.1. The summed E-state index contributed by atoms with van der Waals surface area (Å²) in [7, 11) is 2.56. The third-order valence-corrected chi connectivity index (χ3v) is 8.55. The zero-order valence-electron chi connectivity index (χ0n) is 24.6. The van der Waals surface area contributed by atoms with E-state index in [0.717, 1.165) is 31.7 Å². The zero-order valence-corrected chi connectivity index (χ0v) is 24.6. The second kappa shape index (κ2) is 11.9. The van der Waals surface area contributed by atoms with Crippen LogP contribution in [0.1, 0.15) is 59.8 Å². The maximum Gasteiger partial charge on any atom is 0.407 e. The Kier molecular flexibility index (Phi) is 7.99. The molecule has 234 valence electrons. The van der Waals surface area contributed by atoms with Crippen LogP contribution < -0.4 is 20.5 Å². The molecular formula is C30H35F2N7O5. The van der Waals surface area contributed by atoms with Gasteiger partial charge < -0.3 is 30.5 Å². The average molecular weight is 612 g/mol. The number of hydrogen-bond donors (Lipinski definition) is 3. The van der Waals surface area contributed by atoms with E-state index in [9.17, 15) is 14.7 Å². The van der Waals surface area contributed by atoms with E-state index < -0.39 is 23.8 Å². The van der Waals surface area contributed by atoms with Gasteiger partial charge in [-0.25, -0.2) is 18.6 Å². The van der Waals surface area contributed by atoms with Crippen LogP contribution in [0.15, 0.2) is 17.3 Å². The third kappa shape index (κ3) is 5.72. The summed E-state index contributed by atoms with van der Waals surface area (Å²) in [5, 5.41) is 17.8. The number of nitrogens with zero attached hydrogens (tertiary/aromatic N) is 5. The summed E-state index contributed by atoms with van der Waals surface area (Å²) < 4.78 is 43.1. The quantitative estimate of drug-likeness (QED) is 0.276. The number of carbonyl (C=O) groups excluding carboxylic acids is 1. The molecule has 12 nitrogen and oxygen atoms in total. The molecule has 1 unspecified atom stereocenters. The van der Waals surface area contributed by atoms with E-state index >= 15 is 8.78 Å². The van der Waals surface area contributed by atoms with Gasteiger partial charge in [0.2, 0.25) is 0 Å². The first-order chi connectivity index (χ1) is 21.2. The lowest BCUT2D eigenvalue weighted by Crippen LogP contribution is -2.28. The summed E-state index contributed by atoms with van der Waals surface area (Å²) in [6.45, 7) is 1.36. The minimum Gasteiger partial charge on any atom is -0.494 e. The lowest BCUT2D eigenvalue weighted by molar-refractivity contribution is 0.0952. The van der Waals surface area contributed by atoms with Crippen LogP contribution in [0.25, 0.3) is 10.9 Å². The standard InChI is InChI=1S/C30H35F2N7O5/c1-43-21-10-22(44-2)25(32)18(24(21)31)9-20(34-11-15-3-4-15)26-23-27(39(37-26)17-7-8-38(14-17)30(41)42)19(13-35-28(23)33)29(40)36-12-16-5-6-16/h10,13,15-17H,3-9,11-12,14H2,1-2H3,(H2,33,35)(H,36,40)(H,41,42). The van der Waals surface area contributed by atoms with Crippen LogP contribution in [0.2, 0.25) is 0 Å². The topological polar surface area (TPSA) is 157 Å². The van der Waals surface area contributed by atoms with Crippen LogP contribution in [-0.2, 0) is 6.42 Å². The second-order valence-electron chi connectivity index (χ2n) is 11.7. The van der Waals surface area contributed by atoms with Gasteiger partial charge in [0, 0.05) is 50.4 Å². The number of amides is 2. The molecule has 4 N–H and O–H groups in total. The van der Waals surface area contributed by atoms with Gasteiger partial charge in [-0.15, -0.1) is 0 Å². The van der Waals surface area contributed by atoms with Crippen molar-refractivity contribution >= 4 is 34.4 Å². The molecule has 2 saturated carbocycles. The van der Waals surface area contributed by atoms with Gasteiger partial charge in [0.25, 0.3) is 5.91 Å². The van der Waals surface area contributed by atoms with Crippen LogP contribution in [-0.4, -0.2) is 82.9 Å². The molecule has 0 spiro atoms. The fraction of sp³-hybridized carbons (Fsp3) is 0.500. The van der Waals surface area contributed by atoms with Gasteiger partial charge in [-0.3, -0.25) is 14.5 Å². The summed E-state index contributed by atoms with van der Waals surface area (Å²) in [6.07, 6.45) is 4.54. The summed E-state index contributed by atoms with van der Waals surface area (Å²) in [4.78, 5) is 35.6. The molecule has 3 aromatic rings. The first kappa shape index (κ1) is 29.6. The lowest BCUT2D eigenvalue weighted by Gasteiger charge is -2.15. The molecule has 3 fully saturated rings. The van der Waals surface area contributed by atoms with Gasteiger partial charge in [0.1, 0.15) is 11.5 Å². The normalized spacial score (nSPS) is 18.6. The number of carboxylic acid groups (broad SMARTS) is 1. The molecule has 3 heterocycles. The molecule has 1 aliphatic heterocycles. The fourth-order valence-corrected chi connectivity index (χ4v) is 5.61. The van der Waals surface area contributed by atoms with E-state index in [1.165, 1.54) is 25.3 Å². The third-order valence-electron chi connectivity index (χ3n) is 8.55. The Morgan fingerprint density at radius 2 is 1.80 bits per heavy atom. The molecule has 3 aliphatic rings. The Balaban J connectivity index is 1.51. The van der Waals surface area contributed by atoms with Crippen molar-refractivity contribution in [1.82, 2.24) is 25.0 Å². The van der Waals surface area contributed by atoms with Crippen molar-refractivity contribution in [2.45, 2.75) is 44.6 Å². The Morgan fingerprint density at radius 1 is 1.11 bits per heavy atom. The van der Waals surface area contributed by atoms with Crippen LogP contribution >= 0.6 is 0 Å². The SMILES string of the molecule is COc1cc(OC)c(F)c(CC(=NCC2CC2)c2nn(C3CCN(C(=O)O)C3)c3c(C(=O)NCC4CC4)cnc(N)c23)c1F. The maximum atomic E-state index is 15.6. The van der Waals surface area contributed by atoms with Gasteiger partial charge in [-0.1, -0.05) is 0 Å². The lowest BCUT2D eigenvalue weighted by atomic mass is 10.0. The molecule has 1 saturated heterocycles. The average Bonchev–Trinajstić information content (AvgIpc) is 3.93. The van der Waals surface area contributed by atoms with Gasteiger partial charge in [0.15, 0.2) is 23.1 Å². The number of halogens is 2. The number of benzene rings is 1. The number of nitrogens with one attached hydrogen (secondary N) is 1. The van der Waals surface area contributed by atoms with Crippen molar-refractivity contribution in [3.63, 3.8) is 0 Å². The van der Waals surface area contributed by atoms with Crippen LogP contribution in [0.4, 0.5) is 19.4 Å². The van der Waals surface area contributed by atoms with Gasteiger partial charge in [0.05, 0.1) is 42.4 Å². The number of hydrogen-bond acceptors (Lipinski definition) is 8. The number of anilines is 1. The summed E-state index contributed by atoms with van der Waals surface area (Å²) in [6, 6.07) is 0.719. The van der Waals surface area contributed by atoms with Crippen molar-refractivity contribution in [1.29, 1.82) is 0 Å². The number of ether oxygens (including phenoxy) is 2. The smallest absolute Gasteiger partial charge is 0.407 e. The van der Waals surface area contributed by atoms with Crippen molar-refractivity contribution in [2.75, 3.05) is 46.1 Å². The number of aromatic nitrogens is 3. The Bertz CT molecular complexity index is 1620. The highest BCUT2D eigenvalue weighted by Gasteiger charge is 2.34. The number of aliphatic imine (C=N–C) groups is 1. The predicted molar refractivity (Wildman–Crippen MR) is 158 cm³/mol. The molecule has 0 bridgehead atoms. The zero-order chi connectivity index (χ0) is 31.1. The van der Waals surface area contributed by atoms with E-state index in [2.05, 4.69) is 10.3 Å². The first-order valence-corrected chi connectivity index (χ1v) is 14.7. The second-order valence-corrected chi connectivity index (χ2v) is 11.7. The number of nitrogen functional groups attached to an aromatic ring is 1. The maximum absolute atomic E-state index is 15.6. The molecular weight excluding hydrogens is 576 g/mol. The number of rotatable bonds is 11. The number of methoxy groups -OCH3 is 2. The number of carbonyl (C=O) groups is 2. The number of pyridine rings is 1. The summed E-state index contributed by atoms with van der Waals surface area (Å²) >= 11 is 0. The molecule has 6 rings (SSSR count). The van der Waals surface area contributed by atoms with E-state index in [1.54, 1.807) is 4.68 Å². The number of nitrogens with two attached hydrogens (primary N) is 1. The fourth-order valence-electron chi connectivity index (χ4n) is 5.61. The van der Waals surface area contributed by atoms with Crippen molar-refractivity contribution in [3.05, 3.63) is 40.7 Å². The van der Waals surface area contributed by atoms with Crippen LogP contribution in [0, 0.1) is 23.5 Å². The highest BCUT2D eigenvalue weighted by molar-refractivity contribution is 6.17. The molecule has 2 amide bonds. The molecule has 1 aromatic carbocycles. The Labute approximate surface area is 252 Å². The number of likely N-dealkylation sites (tertiary alicyclic amines) is 1. The molecule has 1 atom stereocenters. The monoisotopic (exact) mass is 611 g/mol. The van der Waals surface area contributed by atoms with Crippen molar-refractivity contribution < 1.29 is 33.0 Å². The van der Waals surface area contributed by atoms with E-state index in [4.69, 9.17) is 25.3 Å². The first-order valence-electron chi connectivity index (χ1n) is 14.7. The van der Waals surface area contributed by atoms with E-state index in [1.807, 2.05) is 0 Å². The van der Waals surface area contributed by atoms with E-state index in [-0.39, 0.29) is 65.3 Å². The van der Waals surface area contributed by atoms with Gasteiger partial charge in [-0.2, -0.15) is 5.10 Å². The molecule has 0 radical (unpaired) electrons. The summed E-state index contributed by atoms with van der Waals surface area (Å²) in [5.74, 6) is -1.69. The highest BCUT2D eigenvalue weighted by Crippen LogP contribution is 2.37. The minimum absolute atomic E-state index is 0.0661. The molecule has 44 heavy (non-hydrogen) atoms. The molecule has 2 aromatic heterocycles. The van der Waals surface area contributed by atoms with Crippen molar-refractivity contribution in [3.8, 4) is 11.5 Å². The predicted octanol–water partition coefficient (Wildman–Crippen LogP) is 3.82. The van der Waals surface area contributed by atoms with Crippen LogP contribution in [0.5, 0.6) is 11.5 Å². The Morgan fingerprint density at radius 3 is 2.39 bits per heavy atom.